The van der Waals surface area contributed by atoms with E-state index in [0.717, 1.165) is 16.6 Å². The van der Waals surface area contributed by atoms with Crippen molar-refractivity contribution < 1.29 is 23.0 Å². The molecule has 4 rings (SSSR count). The van der Waals surface area contributed by atoms with E-state index in [2.05, 4.69) is 9.97 Å². The summed E-state index contributed by atoms with van der Waals surface area (Å²) < 4.78 is 39.6. The molecule has 0 atom stereocenters. The number of hydrogen-bond donors (Lipinski definition) is 1. The van der Waals surface area contributed by atoms with Crippen LogP contribution in [0.4, 0.5) is 0 Å². The molecule has 0 amide bonds. The molecule has 0 saturated heterocycles. The molecular weight excluding hydrogens is 542 g/mol. The van der Waals surface area contributed by atoms with Crippen molar-refractivity contribution >= 4 is 21.4 Å². The maximum atomic E-state index is 13.9. The summed E-state index contributed by atoms with van der Waals surface area (Å²) in [7, 11) is -1.63. The Kier molecular flexibility index (Phi) is 8.27. The summed E-state index contributed by atoms with van der Waals surface area (Å²) in [6, 6.07) is 14.3. The van der Waals surface area contributed by atoms with Crippen LogP contribution in [0.25, 0.3) is 16.8 Å². The standard InChI is InChI=1S/C28H28ClN3O6S/c1-5-6-10-24-31-27(33)26(28(34)32(24)25-21(37-3)8-7-9-22(25)38-4)39(35,36)19-13-11-18(12-14-19)20-15-16-23(29)30-17(20)2/h7-9,11-16,33H,5-6,10H2,1-4H3. The Hall–Kier alpha value is -3.89. The van der Waals surface area contributed by atoms with E-state index in [1.54, 1.807) is 49.4 Å². The maximum absolute atomic E-state index is 13.9. The van der Waals surface area contributed by atoms with Crippen LogP contribution in [0.2, 0.25) is 5.15 Å². The van der Waals surface area contributed by atoms with E-state index in [-0.39, 0.29) is 27.9 Å². The summed E-state index contributed by atoms with van der Waals surface area (Å²) in [5, 5.41) is 11.2. The zero-order valence-electron chi connectivity index (χ0n) is 21.9. The van der Waals surface area contributed by atoms with Gasteiger partial charge in [0.1, 0.15) is 28.2 Å². The quantitative estimate of drug-likeness (QED) is 0.275. The number of sulfone groups is 1. The Balaban J connectivity index is 1.92. The highest BCUT2D eigenvalue weighted by Crippen LogP contribution is 2.34. The normalized spacial score (nSPS) is 11.4. The second-order valence-corrected chi connectivity index (χ2v) is 11.0. The van der Waals surface area contributed by atoms with Gasteiger partial charge in [-0.3, -0.25) is 9.36 Å². The number of hydrogen-bond acceptors (Lipinski definition) is 8. The molecule has 4 aromatic rings. The minimum Gasteiger partial charge on any atom is -0.494 e. The summed E-state index contributed by atoms with van der Waals surface area (Å²) in [4.78, 5) is 21.3. The van der Waals surface area contributed by atoms with Gasteiger partial charge in [0.25, 0.3) is 5.56 Å². The molecule has 2 aromatic carbocycles. The molecule has 2 aromatic heterocycles. The predicted molar refractivity (Wildman–Crippen MR) is 148 cm³/mol. The molecule has 1 N–H and O–H groups in total. The Morgan fingerprint density at radius 1 is 0.974 bits per heavy atom. The van der Waals surface area contributed by atoms with Gasteiger partial charge in [-0.1, -0.05) is 43.1 Å². The fraction of sp³-hybridized carbons (Fsp3) is 0.250. The molecule has 0 fully saturated rings. The van der Waals surface area contributed by atoms with Crippen molar-refractivity contribution in [3.05, 3.63) is 81.6 Å². The zero-order chi connectivity index (χ0) is 28.3. The molecule has 0 aliphatic rings. The first-order valence-electron chi connectivity index (χ1n) is 12.2. The minimum absolute atomic E-state index is 0.181. The molecular formula is C28H28ClN3O6S. The zero-order valence-corrected chi connectivity index (χ0v) is 23.5. The number of nitrogens with zero attached hydrogens (tertiary/aromatic N) is 3. The second kappa shape index (κ2) is 11.5. The molecule has 39 heavy (non-hydrogen) atoms. The Bertz CT molecular complexity index is 1660. The van der Waals surface area contributed by atoms with Crippen molar-refractivity contribution in [3.63, 3.8) is 0 Å². The lowest BCUT2D eigenvalue weighted by Gasteiger charge is -2.19. The van der Waals surface area contributed by atoms with Crippen LogP contribution in [0.1, 0.15) is 31.3 Å². The number of methoxy groups -OCH3 is 2. The molecule has 2 heterocycles. The van der Waals surface area contributed by atoms with Gasteiger partial charge >= 0.3 is 0 Å². The molecule has 0 aliphatic heterocycles. The number of para-hydroxylation sites is 1. The topological polar surface area (TPSA) is 121 Å². The summed E-state index contributed by atoms with van der Waals surface area (Å²) in [6.45, 7) is 3.76. The molecule has 0 saturated carbocycles. The number of aromatic nitrogens is 3. The van der Waals surface area contributed by atoms with Gasteiger partial charge in [-0.25, -0.2) is 13.4 Å². The molecule has 0 aliphatic carbocycles. The highest BCUT2D eigenvalue weighted by atomic mass is 35.5. The van der Waals surface area contributed by atoms with E-state index in [1.807, 2.05) is 6.92 Å². The first-order valence-corrected chi connectivity index (χ1v) is 14.0. The van der Waals surface area contributed by atoms with Crippen LogP contribution in [0.5, 0.6) is 17.4 Å². The molecule has 0 radical (unpaired) electrons. The Morgan fingerprint density at radius 2 is 1.62 bits per heavy atom. The first-order chi connectivity index (χ1) is 18.6. The molecule has 11 heteroatoms. The van der Waals surface area contributed by atoms with E-state index in [4.69, 9.17) is 21.1 Å². The lowest BCUT2D eigenvalue weighted by Crippen LogP contribution is -2.29. The third kappa shape index (κ3) is 5.35. The lowest BCUT2D eigenvalue weighted by molar-refractivity contribution is 0.386. The van der Waals surface area contributed by atoms with Crippen LogP contribution in [0.15, 0.2) is 69.2 Å². The number of pyridine rings is 1. The van der Waals surface area contributed by atoms with Gasteiger partial charge in [0.2, 0.25) is 15.7 Å². The van der Waals surface area contributed by atoms with Crippen LogP contribution in [0, 0.1) is 6.92 Å². The Morgan fingerprint density at radius 3 is 2.18 bits per heavy atom. The summed E-state index contributed by atoms with van der Waals surface area (Å²) in [6.07, 6.45) is 1.74. The van der Waals surface area contributed by atoms with E-state index < -0.39 is 26.2 Å². The van der Waals surface area contributed by atoms with Crippen molar-refractivity contribution in [3.8, 4) is 34.2 Å². The van der Waals surface area contributed by atoms with Crippen molar-refractivity contribution in [1.82, 2.24) is 14.5 Å². The van der Waals surface area contributed by atoms with Crippen LogP contribution >= 0.6 is 11.6 Å². The molecule has 0 unspecified atom stereocenters. The molecule has 204 valence electrons. The third-order valence-corrected chi connectivity index (χ3v) is 8.27. The fourth-order valence-electron chi connectivity index (χ4n) is 4.32. The number of benzene rings is 2. The number of aryl methyl sites for hydroxylation is 2. The number of halogens is 1. The number of ether oxygens (including phenoxy) is 2. The average Bonchev–Trinajstić information content (AvgIpc) is 2.91. The average molecular weight is 570 g/mol. The van der Waals surface area contributed by atoms with Gasteiger partial charge in [0.05, 0.1) is 19.1 Å². The first kappa shape index (κ1) is 28.1. The van der Waals surface area contributed by atoms with E-state index >= 15 is 0 Å². The van der Waals surface area contributed by atoms with Gasteiger partial charge < -0.3 is 14.6 Å². The second-order valence-electron chi connectivity index (χ2n) is 8.73. The van der Waals surface area contributed by atoms with Crippen LogP contribution < -0.4 is 15.0 Å². The van der Waals surface area contributed by atoms with E-state index in [1.165, 1.54) is 26.4 Å². The fourth-order valence-corrected chi connectivity index (χ4v) is 5.85. The van der Waals surface area contributed by atoms with Crippen LogP contribution in [-0.2, 0) is 16.3 Å². The monoisotopic (exact) mass is 569 g/mol. The van der Waals surface area contributed by atoms with Crippen molar-refractivity contribution in [2.75, 3.05) is 14.2 Å². The molecule has 0 bridgehead atoms. The highest BCUT2D eigenvalue weighted by molar-refractivity contribution is 7.91. The van der Waals surface area contributed by atoms with Crippen molar-refractivity contribution in [2.24, 2.45) is 0 Å². The summed E-state index contributed by atoms with van der Waals surface area (Å²) >= 11 is 5.95. The van der Waals surface area contributed by atoms with Gasteiger partial charge in [0.15, 0.2) is 4.90 Å². The smallest absolute Gasteiger partial charge is 0.281 e. The van der Waals surface area contributed by atoms with Crippen LogP contribution in [-0.4, -0.2) is 42.3 Å². The number of aromatic hydroxyl groups is 1. The number of rotatable bonds is 9. The van der Waals surface area contributed by atoms with Gasteiger partial charge in [-0.05, 0) is 55.3 Å². The Labute approximate surface area is 231 Å². The molecule has 9 nitrogen and oxygen atoms in total. The SMILES string of the molecule is CCCCc1nc(O)c(S(=O)(=O)c2ccc(-c3ccc(Cl)nc3C)cc2)c(=O)n1-c1c(OC)cccc1OC. The predicted octanol–water partition coefficient (Wildman–Crippen LogP) is 5.15. The van der Waals surface area contributed by atoms with Gasteiger partial charge in [-0.2, -0.15) is 4.98 Å². The van der Waals surface area contributed by atoms with Gasteiger partial charge in [0, 0.05) is 17.7 Å². The van der Waals surface area contributed by atoms with Crippen LogP contribution in [0.3, 0.4) is 0 Å². The van der Waals surface area contributed by atoms with E-state index in [0.29, 0.717) is 29.3 Å². The van der Waals surface area contributed by atoms with E-state index in [9.17, 15) is 18.3 Å². The third-order valence-electron chi connectivity index (χ3n) is 6.27. The maximum Gasteiger partial charge on any atom is 0.281 e. The van der Waals surface area contributed by atoms with Gasteiger partial charge in [-0.15, -0.1) is 0 Å². The molecule has 0 spiro atoms. The summed E-state index contributed by atoms with van der Waals surface area (Å²) in [5.41, 5.74) is 1.40. The minimum atomic E-state index is -4.49. The summed E-state index contributed by atoms with van der Waals surface area (Å²) in [5.74, 6) is -0.122. The number of unbranched alkanes of at least 4 members (excludes halogenated alkanes) is 1. The lowest BCUT2D eigenvalue weighted by atomic mass is 10.1. The largest absolute Gasteiger partial charge is 0.494 e. The van der Waals surface area contributed by atoms with Crippen molar-refractivity contribution in [1.29, 1.82) is 0 Å². The highest BCUT2D eigenvalue weighted by Gasteiger charge is 2.31. The van der Waals surface area contributed by atoms with Crippen molar-refractivity contribution in [2.45, 2.75) is 42.9 Å².